The second kappa shape index (κ2) is 10.3. The maximum atomic E-state index is 15.5. The molecule has 0 spiro atoms. The van der Waals surface area contributed by atoms with Crippen molar-refractivity contribution in [2.75, 3.05) is 32.9 Å². The molecule has 8 heteroatoms. The highest BCUT2D eigenvalue weighted by atomic mass is 19.3. The summed E-state index contributed by atoms with van der Waals surface area (Å²) in [6.07, 6.45) is 3.33. The van der Waals surface area contributed by atoms with Gasteiger partial charge in [-0.15, -0.1) is 0 Å². The SMILES string of the molecule is C[C@@H]1Cc2cc(O)ccc2[C@@H](c2c(F)cc(C=C3CCN(CCCF)C3)cc2F)N1CC(C)(F)F. The van der Waals surface area contributed by atoms with E-state index < -0.39 is 36.2 Å². The lowest BCUT2D eigenvalue weighted by Gasteiger charge is -2.43. The molecule has 1 fully saturated rings. The van der Waals surface area contributed by atoms with Gasteiger partial charge < -0.3 is 5.11 Å². The van der Waals surface area contributed by atoms with Crippen LogP contribution in [-0.2, 0) is 6.42 Å². The highest BCUT2D eigenvalue weighted by Crippen LogP contribution is 2.42. The summed E-state index contributed by atoms with van der Waals surface area (Å²) < 4.78 is 71.7. The van der Waals surface area contributed by atoms with Crippen LogP contribution in [0.15, 0.2) is 35.9 Å². The van der Waals surface area contributed by atoms with Crippen molar-refractivity contribution in [3.63, 3.8) is 0 Å². The number of phenolic OH excluding ortho intramolecular Hbond substituents is 1. The number of rotatable bonds is 7. The van der Waals surface area contributed by atoms with Crippen LogP contribution in [0.2, 0.25) is 0 Å². The van der Waals surface area contributed by atoms with Gasteiger partial charge >= 0.3 is 0 Å². The van der Waals surface area contributed by atoms with Gasteiger partial charge in [0.05, 0.1) is 19.3 Å². The normalized spacial score (nSPS) is 22.7. The molecule has 2 aromatic rings. The van der Waals surface area contributed by atoms with E-state index in [9.17, 15) is 18.3 Å². The molecule has 2 aromatic carbocycles. The van der Waals surface area contributed by atoms with Gasteiger partial charge in [-0.2, -0.15) is 0 Å². The molecule has 2 aliphatic rings. The summed E-state index contributed by atoms with van der Waals surface area (Å²) in [7, 11) is 0. The first-order chi connectivity index (χ1) is 16.6. The van der Waals surface area contributed by atoms with Crippen molar-refractivity contribution >= 4 is 6.08 Å². The summed E-state index contributed by atoms with van der Waals surface area (Å²) in [6, 6.07) is 5.52. The van der Waals surface area contributed by atoms with Gasteiger partial charge in [-0.05, 0) is 67.1 Å². The molecular formula is C27H31F5N2O. The zero-order valence-electron chi connectivity index (χ0n) is 20.0. The fourth-order valence-corrected chi connectivity index (χ4v) is 5.32. The lowest BCUT2D eigenvalue weighted by Crippen LogP contribution is -2.47. The average molecular weight is 495 g/mol. The number of phenols is 1. The third-order valence-corrected chi connectivity index (χ3v) is 6.82. The Balaban J connectivity index is 1.71. The number of aromatic hydroxyl groups is 1. The van der Waals surface area contributed by atoms with Crippen molar-refractivity contribution in [1.29, 1.82) is 0 Å². The second-order valence-electron chi connectivity index (χ2n) is 9.85. The summed E-state index contributed by atoms with van der Waals surface area (Å²) >= 11 is 0. The zero-order chi connectivity index (χ0) is 25.3. The molecule has 1 N–H and O–H groups in total. The molecule has 0 saturated carbocycles. The van der Waals surface area contributed by atoms with Crippen LogP contribution >= 0.6 is 0 Å². The molecule has 0 radical (unpaired) electrons. The topological polar surface area (TPSA) is 26.7 Å². The van der Waals surface area contributed by atoms with E-state index in [4.69, 9.17) is 0 Å². The van der Waals surface area contributed by atoms with Crippen LogP contribution in [0.5, 0.6) is 5.75 Å². The van der Waals surface area contributed by atoms with Crippen molar-refractivity contribution in [1.82, 2.24) is 9.80 Å². The molecule has 0 unspecified atom stereocenters. The minimum atomic E-state index is -3.06. The highest BCUT2D eigenvalue weighted by molar-refractivity contribution is 5.56. The average Bonchev–Trinajstić information content (AvgIpc) is 3.20. The lowest BCUT2D eigenvalue weighted by atomic mass is 9.84. The molecule has 3 nitrogen and oxygen atoms in total. The van der Waals surface area contributed by atoms with Crippen molar-refractivity contribution in [3.05, 3.63) is 69.8 Å². The van der Waals surface area contributed by atoms with Crippen LogP contribution in [0.3, 0.4) is 0 Å². The molecule has 35 heavy (non-hydrogen) atoms. The van der Waals surface area contributed by atoms with E-state index in [1.807, 2.05) is 0 Å². The van der Waals surface area contributed by atoms with Gasteiger partial charge in [0.2, 0.25) is 0 Å². The third kappa shape index (κ3) is 5.86. The molecule has 0 bridgehead atoms. The molecule has 1 saturated heterocycles. The minimum Gasteiger partial charge on any atom is -0.508 e. The molecule has 2 aliphatic heterocycles. The predicted octanol–water partition coefficient (Wildman–Crippen LogP) is 6.11. The Morgan fingerprint density at radius 3 is 2.51 bits per heavy atom. The Kier molecular flexibility index (Phi) is 7.52. The zero-order valence-corrected chi connectivity index (χ0v) is 20.0. The van der Waals surface area contributed by atoms with Gasteiger partial charge in [0, 0.05) is 38.2 Å². The Bertz CT molecular complexity index is 1070. The fraction of sp³-hybridized carbons (Fsp3) is 0.481. The number of nitrogens with zero attached hydrogens (tertiary/aromatic N) is 2. The van der Waals surface area contributed by atoms with E-state index in [1.165, 1.54) is 29.2 Å². The second-order valence-corrected chi connectivity index (χ2v) is 9.85. The molecule has 0 aliphatic carbocycles. The Morgan fingerprint density at radius 1 is 1.14 bits per heavy atom. The summed E-state index contributed by atoms with van der Waals surface area (Å²) in [5, 5.41) is 9.92. The molecule has 4 rings (SSSR count). The quantitative estimate of drug-likeness (QED) is 0.471. The third-order valence-electron chi connectivity index (χ3n) is 6.82. The van der Waals surface area contributed by atoms with Gasteiger partial charge in [-0.3, -0.25) is 14.2 Å². The summed E-state index contributed by atoms with van der Waals surface area (Å²) in [5.74, 6) is -4.64. The molecule has 0 aromatic heterocycles. The maximum Gasteiger partial charge on any atom is 0.257 e. The predicted molar refractivity (Wildman–Crippen MR) is 126 cm³/mol. The van der Waals surface area contributed by atoms with E-state index in [2.05, 4.69) is 4.90 Å². The van der Waals surface area contributed by atoms with E-state index >= 15 is 8.78 Å². The van der Waals surface area contributed by atoms with Crippen molar-refractivity contribution in [2.45, 2.75) is 51.1 Å². The van der Waals surface area contributed by atoms with E-state index in [1.54, 1.807) is 19.1 Å². The molecule has 190 valence electrons. The van der Waals surface area contributed by atoms with Gasteiger partial charge in [-0.1, -0.05) is 17.7 Å². The van der Waals surface area contributed by atoms with Crippen LogP contribution in [0.1, 0.15) is 55.0 Å². The van der Waals surface area contributed by atoms with Crippen LogP contribution in [0.4, 0.5) is 22.0 Å². The molecule has 2 heterocycles. The number of fused-ring (bicyclic) bond motifs is 1. The Labute approximate surface area is 202 Å². The molecular weight excluding hydrogens is 463 g/mol. The number of hydrogen-bond acceptors (Lipinski definition) is 3. The van der Waals surface area contributed by atoms with E-state index in [0.717, 1.165) is 25.5 Å². The van der Waals surface area contributed by atoms with Gasteiger partial charge in [0.1, 0.15) is 17.4 Å². The van der Waals surface area contributed by atoms with Crippen molar-refractivity contribution < 1.29 is 27.1 Å². The first kappa shape index (κ1) is 25.6. The summed E-state index contributed by atoms with van der Waals surface area (Å²) in [5.41, 5.74) is 2.30. The number of halogens is 5. The van der Waals surface area contributed by atoms with Crippen LogP contribution in [0.25, 0.3) is 6.08 Å². The number of hydrogen-bond donors (Lipinski definition) is 1. The van der Waals surface area contributed by atoms with Crippen molar-refractivity contribution in [2.24, 2.45) is 0 Å². The highest BCUT2D eigenvalue weighted by Gasteiger charge is 2.40. The Morgan fingerprint density at radius 2 is 1.86 bits per heavy atom. The van der Waals surface area contributed by atoms with Crippen molar-refractivity contribution in [3.8, 4) is 5.75 Å². The van der Waals surface area contributed by atoms with Crippen LogP contribution in [-0.4, -0.2) is 59.7 Å². The minimum absolute atomic E-state index is 0.0176. The number of alkyl halides is 3. The monoisotopic (exact) mass is 494 g/mol. The molecule has 2 atom stereocenters. The smallest absolute Gasteiger partial charge is 0.257 e. The standard InChI is InChI=1S/C27H31F5N2O/c1-17-10-20-14-21(35)4-5-22(20)26(34(17)16-27(2,31)32)25-23(29)12-19(13-24(25)30)11-18-6-9-33(15-18)8-3-7-28/h4-5,11-14,17,26,35H,3,6-10,15-16H2,1-2H3/t17-,26+/m1/s1. The van der Waals surface area contributed by atoms with Crippen LogP contribution in [0, 0.1) is 11.6 Å². The van der Waals surface area contributed by atoms with Gasteiger partial charge in [-0.25, -0.2) is 17.6 Å². The lowest BCUT2D eigenvalue weighted by molar-refractivity contribution is -0.0371. The summed E-state index contributed by atoms with van der Waals surface area (Å²) in [4.78, 5) is 3.55. The van der Waals surface area contributed by atoms with E-state index in [0.29, 0.717) is 42.6 Å². The van der Waals surface area contributed by atoms with E-state index in [-0.39, 0.29) is 18.0 Å². The Hall–Kier alpha value is -2.45. The van der Waals surface area contributed by atoms with Crippen LogP contribution < -0.4 is 0 Å². The van der Waals surface area contributed by atoms with Gasteiger partial charge in [0.25, 0.3) is 5.92 Å². The largest absolute Gasteiger partial charge is 0.508 e. The summed E-state index contributed by atoms with van der Waals surface area (Å²) in [6.45, 7) is 3.55. The fourth-order valence-electron chi connectivity index (χ4n) is 5.32. The maximum absolute atomic E-state index is 15.5. The molecule has 0 amide bonds. The number of benzene rings is 2. The van der Waals surface area contributed by atoms with Gasteiger partial charge in [0.15, 0.2) is 0 Å². The number of likely N-dealkylation sites (tertiary alicyclic amines) is 1. The first-order valence-corrected chi connectivity index (χ1v) is 12.0. The first-order valence-electron chi connectivity index (χ1n) is 12.0.